The highest BCUT2D eigenvalue weighted by Gasteiger charge is 2.44. The summed E-state index contributed by atoms with van der Waals surface area (Å²) in [6.45, 7) is 4.95. The lowest BCUT2D eigenvalue weighted by Crippen LogP contribution is -2.43. The molecule has 0 aromatic carbocycles. The Labute approximate surface area is 116 Å². The third-order valence-electron chi connectivity index (χ3n) is 3.41. The maximum Gasteiger partial charge on any atom is 0.414 e. The summed E-state index contributed by atoms with van der Waals surface area (Å²) in [5, 5.41) is 9.20. The molecule has 1 saturated heterocycles. The number of hydrogen-bond acceptors (Lipinski definition) is 4. The van der Waals surface area contributed by atoms with Gasteiger partial charge in [-0.05, 0) is 45.7 Å². The minimum absolute atomic E-state index is 0.157. The van der Waals surface area contributed by atoms with E-state index in [1.54, 1.807) is 13.8 Å². The molecular formula is C13H22F3NO3. The van der Waals surface area contributed by atoms with Crippen molar-refractivity contribution < 1.29 is 27.8 Å². The lowest BCUT2D eigenvalue weighted by atomic mass is 9.91. The Morgan fingerprint density at radius 3 is 2.35 bits per heavy atom. The summed E-state index contributed by atoms with van der Waals surface area (Å²) in [7, 11) is 0. The number of nitrogens with zero attached hydrogens (tertiary/aromatic N) is 1. The molecule has 1 atom stereocenters. The highest BCUT2D eigenvalue weighted by molar-refractivity contribution is 5.69. The van der Waals surface area contributed by atoms with E-state index in [2.05, 4.69) is 0 Å². The van der Waals surface area contributed by atoms with Crippen molar-refractivity contribution in [3.8, 4) is 0 Å². The molecule has 1 aliphatic rings. The number of ether oxygens (including phenoxy) is 1. The van der Waals surface area contributed by atoms with Crippen LogP contribution in [0, 0.1) is 5.92 Å². The second-order valence-electron chi connectivity index (χ2n) is 5.45. The van der Waals surface area contributed by atoms with E-state index in [0.29, 0.717) is 32.5 Å². The Kier molecular flexibility index (Phi) is 6.26. The van der Waals surface area contributed by atoms with Crippen LogP contribution >= 0.6 is 0 Å². The fraction of sp³-hybridized carbons (Fsp3) is 0.923. The monoisotopic (exact) mass is 297 g/mol. The van der Waals surface area contributed by atoms with Crippen molar-refractivity contribution in [1.29, 1.82) is 0 Å². The van der Waals surface area contributed by atoms with Crippen LogP contribution in [0.3, 0.4) is 0 Å². The van der Waals surface area contributed by atoms with Crippen LogP contribution in [0.25, 0.3) is 0 Å². The molecule has 0 aromatic heterocycles. The van der Waals surface area contributed by atoms with E-state index in [0.717, 1.165) is 0 Å². The molecule has 0 saturated carbocycles. The molecular weight excluding hydrogens is 275 g/mol. The maximum absolute atomic E-state index is 12.4. The average molecular weight is 297 g/mol. The highest BCUT2D eigenvalue weighted by Crippen LogP contribution is 2.31. The number of halogens is 3. The van der Waals surface area contributed by atoms with Gasteiger partial charge in [-0.2, -0.15) is 13.2 Å². The van der Waals surface area contributed by atoms with Crippen LogP contribution in [-0.4, -0.2) is 54.0 Å². The highest BCUT2D eigenvalue weighted by atomic mass is 19.4. The van der Waals surface area contributed by atoms with Gasteiger partial charge in [0.2, 0.25) is 0 Å². The van der Waals surface area contributed by atoms with Crippen LogP contribution in [0.5, 0.6) is 0 Å². The van der Waals surface area contributed by atoms with Gasteiger partial charge in [0.05, 0.1) is 12.5 Å². The van der Waals surface area contributed by atoms with Gasteiger partial charge in [-0.1, -0.05) is 0 Å². The molecule has 20 heavy (non-hydrogen) atoms. The minimum atomic E-state index is -4.55. The molecule has 1 N–H and O–H groups in total. The Morgan fingerprint density at radius 2 is 1.90 bits per heavy atom. The van der Waals surface area contributed by atoms with Crippen LogP contribution in [0.2, 0.25) is 0 Å². The van der Waals surface area contributed by atoms with Crippen molar-refractivity contribution in [1.82, 2.24) is 4.90 Å². The second kappa shape index (κ2) is 7.26. The van der Waals surface area contributed by atoms with E-state index in [-0.39, 0.29) is 18.5 Å². The SMILES string of the molecule is CC(C)OC(=O)CCN1CCC(C(O)C(F)(F)F)CC1. The van der Waals surface area contributed by atoms with Crippen molar-refractivity contribution >= 4 is 5.97 Å². The van der Waals surface area contributed by atoms with Gasteiger partial charge >= 0.3 is 12.1 Å². The van der Waals surface area contributed by atoms with Crippen LogP contribution < -0.4 is 0 Å². The Hall–Kier alpha value is -0.820. The van der Waals surface area contributed by atoms with Gasteiger partial charge in [-0.3, -0.25) is 4.79 Å². The maximum atomic E-state index is 12.4. The zero-order valence-corrected chi connectivity index (χ0v) is 11.8. The summed E-state index contributed by atoms with van der Waals surface area (Å²) in [5.41, 5.74) is 0. The largest absolute Gasteiger partial charge is 0.463 e. The van der Waals surface area contributed by atoms with Crippen molar-refractivity contribution in [2.24, 2.45) is 5.92 Å². The first kappa shape index (κ1) is 17.2. The Balaban J connectivity index is 2.27. The first-order valence-electron chi connectivity index (χ1n) is 6.86. The number of hydrogen-bond donors (Lipinski definition) is 1. The summed E-state index contributed by atoms with van der Waals surface area (Å²) >= 11 is 0. The molecule has 7 heteroatoms. The zero-order valence-electron chi connectivity index (χ0n) is 11.8. The normalized spacial score (nSPS) is 20.1. The minimum Gasteiger partial charge on any atom is -0.463 e. The lowest BCUT2D eigenvalue weighted by molar-refractivity contribution is -0.223. The standard InChI is InChI=1S/C13H22F3NO3/c1-9(2)20-11(18)5-8-17-6-3-10(4-7-17)12(19)13(14,15)16/h9-10,12,19H,3-8H2,1-2H3. The van der Waals surface area contributed by atoms with Crippen LogP contribution in [0.15, 0.2) is 0 Å². The number of rotatable bonds is 5. The number of aliphatic hydroxyl groups excluding tert-OH is 1. The van der Waals surface area contributed by atoms with Crippen molar-refractivity contribution in [3.63, 3.8) is 0 Å². The molecule has 1 aliphatic heterocycles. The first-order valence-corrected chi connectivity index (χ1v) is 6.86. The summed E-state index contributed by atoms with van der Waals surface area (Å²) in [4.78, 5) is 13.3. The fourth-order valence-corrected chi connectivity index (χ4v) is 2.33. The van der Waals surface area contributed by atoms with Gasteiger partial charge in [0.25, 0.3) is 0 Å². The number of aliphatic hydroxyl groups is 1. The van der Waals surface area contributed by atoms with Crippen molar-refractivity contribution in [2.45, 2.75) is 51.5 Å². The van der Waals surface area contributed by atoms with E-state index in [1.807, 2.05) is 4.90 Å². The number of alkyl halides is 3. The molecule has 1 heterocycles. The molecule has 0 aromatic rings. The topological polar surface area (TPSA) is 49.8 Å². The molecule has 0 spiro atoms. The summed E-state index contributed by atoms with van der Waals surface area (Å²) in [5.74, 6) is -1.04. The third kappa shape index (κ3) is 5.66. The quantitative estimate of drug-likeness (QED) is 0.788. The molecule has 1 unspecified atom stereocenters. The fourth-order valence-electron chi connectivity index (χ4n) is 2.33. The van der Waals surface area contributed by atoms with Gasteiger partial charge in [0.15, 0.2) is 6.10 Å². The number of likely N-dealkylation sites (tertiary alicyclic amines) is 1. The van der Waals surface area contributed by atoms with Crippen LogP contribution in [0.1, 0.15) is 33.1 Å². The second-order valence-corrected chi connectivity index (χ2v) is 5.45. The molecule has 0 radical (unpaired) electrons. The van der Waals surface area contributed by atoms with Crippen LogP contribution in [0.4, 0.5) is 13.2 Å². The van der Waals surface area contributed by atoms with E-state index < -0.39 is 18.2 Å². The predicted octanol–water partition coefficient (Wildman–Crippen LogP) is 1.96. The van der Waals surface area contributed by atoms with E-state index in [9.17, 15) is 23.1 Å². The average Bonchev–Trinajstić information content (AvgIpc) is 2.34. The molecule has 4 nitrogen and oxygen atoms in total. The molecule has 1 rings (SSSR count). The van der Waals surface area contributed by atoms with E-state index >= 15 is 0 Å². The number of carbonyl (C=O) groups is 1. The van der Waals surface area contributed by atoms with Gasteiger partial charge in [-0.15, -0.1) is 0 Å². The Bertz CT molecular complexity index is 312. The molecule has 118 valence electrons. The zero-order chi connectivity index (χ0) is 15.3. The van der Waals surface area contributed by atoms with Gasteiger partial charge < -0.3 is 14.7 Å². The molecule has 0 amide bonds. The molecule has 0 bridgehead atoms. The van der Waals surface area contributed by atoms with Gasteiger partial charge in [0, 0.05) is 6.54 Å². The predicted molar refractivity (Wildman–Crippen MR) is 67.1 cm³/mol. The van der Waals surface area contributed by atoms with Crippen molar-refractivity contribution in [3.05, 3.63) is 0 Å². The smallest absolute Gasteiger partial charge is 0.414 e. The number of carbonyl (C=O) groups excluding carboxylic acids is 1. The lowest BCUT2D eigenvalue weighted by Gasteiger charge is -2.34. The summed E-state index contributed by atoms with van der Waals surface area (Å²) in [6.07, 6.45) is -6.12. The van der Waals surface area contributed by atoms with E-state index in [4.69, 9.17) is 4.74 Å². The Morgan fingerprint density at radius 1 is 1.35 bits per heavy atom. The summed E-state index contributed by atoms with van der Waals surface area (Å²) in [6, 6.07) is 0. The van der Waals surface area contributed by atoms with Crippen molar-refractivity contribution in [2.75, 3.05) is 19.6 Å². The van der Waals surface area contributed by atoms with Gasteiger partial charge in [0.1, 0.15) is 0 Å². The molecule has 0 aliphatic carbocycles. The van der Waals surface area contributed by atoms with E-state index in [1.165, 1.54) is 0 Å². The molecule has 1 fully saturated rings. The van der Waals surface area contributed by atoms with Crippen LogP contribution in [-0.2, 0) is 9.53 Å². The van der Waals surface area contributed by atoms with Gasteiger partial charge in [-0.25, -0.2) is 0 Å². The third-order valence-corrected chi connectivity index (χ3v) is 3.41. The number of piperidine rings is 1. The summed E-state index contributed by atoms with van der Waals surface area (Å²) < 4.78 is 42.1. The number of esters is 1. The first-order chi connectivity index (χ1) is 9.20.